The van der Waals surface area contributed by atoms with Crippen LogP contribution in [0.4, 0.5) is 0 Å². The highest BCUT2D eigenvalue weighted by Crippen LogP contribution is 2.23. The van der Waals surface area contributed by atoms with E-state index in [1.54, 1.807) is 0 Å². The van der Waals surface area contributed by atoms with Gasteiger partial charge >= 0.3 is 0 Å². The van der Waals surface area contributed by atoms with E-state index in [0.717, 1.165) is 25.2 Å². The van der Waals surface area contributed by atoms with Crippen molar-refractivity contribution in [1.29, 1.82) is 0 Å². The van der Waals surface area contributed by atoms with Crippen molar-refractivity contribution in [2.45, 2.75) is 20.8 Å². The zero-order chi connectivity index (χ0) is 16.7. The Balaban J connectivity index is 2.16. The second kappa shape index (κ2) is 8.49. The van der Waals surface area contributed by atoms with Crippen LogP contribution in [-0.4, -0.2) is 36.9 Å². The van der Waals surface area contributed by atoms with E-state index >= 15 is 0 Å². The fourth-order valence-corrected chi connectivity index (χ4v) is 2.52. The van der Waals surface area contributed by atoms with Crippen LogP contribution in [0.3, 0.4) is 0 Å². The van der Waals surface area contributed by atoms with Crippen molar-refractivity contribution >= 4 is 5.78 Å². The number of rotatable bonds is 8. The molecular weight excluding hydrogens is 286 g/mol. The zero-order valence-corrected chi connectivity index (χ0v) is 14.2. The Morgan fingerprint density at radius 2 is 1.74 bits per heavy atom. The molecule has 0 saturated carbocycles. The summed E-state index contributed by atoms with van der Waals surface area (Å²) in [5, 5.41) is 0. The molecule has 0 unspecified atom stereocenters. The molecular formula is C20H25NO2. The Morgan fingerprint density at radius 3 is 2.39 bits per heavy atom. The van der Waals surface area contributed by atoms with Gasteiger partial charge in [-0.2, -0.15) is 0 Å². The van der Waals surface area contributed by atoms with Crippen molar-refractivity contribution in [3.05, 3.63) is 65.2 Å². The highest BCUT2D eigenvalue weighted by Gasteiger charge is 2.15. The van der Waals surface area contributed by atoms with Gasteiger partial charge in [-0.25, -0.2) is 0 Å². The molecule has 0 fully saturated rings. The minimum atomic E-state index is 0.00661. The molecule has 0 spiro atoms. The zero-order valence-electron chi connectivity index (χ0n) is 14.2. The van der Waals surface area contributed by atoms with Crippen LogP contribution >= 0.6 is 0 Å². The quantitative estimate of drug-likeness (QED) is 0.691. The van der Waals surface area contributed by atoms with Gasteiger partial charge in [-0.1, -0.05) is 55.8 Å². The first-order valence-corrected chi connectivity index (χ1v) is 8.21. The van der Waals surface area contributed by atoms with Crippen molar-refractivity contribution < 1.29 is 9.53 Å². The fourth-order valence-electron chi connectivity index (χ4n) is 2.52. The van der Waals surface area contributed by atoms with E-state index in [0.29, 0.717) is 23.5 Å². The highest BCUT2D eigenvalue weighted by molar-refractivity contribution is 6.10. The van der Waals surface area contributed by atoms with E-state index in [1.807, 2.05) is 55.5 Å². The third-order valence-electron chi connectivity index (χ3n) is 3.98. The summed E-state index contributed by atoms with van der Waals surface area (Å²) in [5.41, 5.74) is 2.38. The summed E-state index contributed by atoms with van der Waals surface area (Å²) in [6.07, 6.45) is 0. The summed E-state index contributed by atoms with van der Waals surface area (Å²) in [6, 6.07) is 15.1. The number of ketones is 1. The van der Waals surface area contributed by atoms with Crippen LogP contribution in [0, 0.1) is 6.92 Å². The third kappa shape index (κ3) is 4.67. The Hall–Kier alpha value is -2.13. The fraction of sp³-hybridized carbons (Fsp3) is 0.350. The first kappa shape index (κ1) is 17.2. The van der Waals surface area contributed by atoms with Gasteiger partial charge in [-0.15, -0.1) is 0 Å². The monoisotopic (exact) mass is 311 g/mol. The van der Waals surface area contributed by atoms with Crippen molar-refractivity contribution in [2.75, 3.05) is 26.2 Å². The van der Waals surface area contributed by atoms with E-state index in [9.17, 15) is 4.79 Å². The summed E-state index contributed by atoms with van der Waals surface area (Å²) in [6.45, 7) is 9.72. The number of nitrogens with zero attached hydrogens (tertiary/aromatic N) is 1. The minimum Gasteiger partial charge on any atom is -0.491 e. The molecule has 0 heterocycles. The number of carbonyl (C=O) groups excluding carboxylic acids is 1. The molecule has 0 saturated heterocycles. The van der Waals surface area contributed by atoms with Gasteiger partial charge < -0.3 is 9.64 Å². The SMILES string of the molecule is CCN(CC)CCOc1ccc(C)cc1C(=O)c1ccccc1. The summed E-state index contributed by atoms with van der Waals surface area (Å²) in [4.78, 5) is 15.0. The predicted octanol–water partition coefficient (Wildman–Crippen LogP) is 3.95. The first-order valence-electron chi connectivity index (χ1n) is 8.21. The number of hydrogen-bond acceptors (Lipinski definition) is 3. The van der Waals surface area contributed by atoms with E-state index in [1.165, 1.54) is 0 Å². The van der Waals surface area contributed by atoms with E-state index in [4.69, 9.17) is 4.74 Å². The van der Waals surface area contributed by atoms with Crippen molar-refractivity contribution in [1.82, 2.24) is 4.90 Å². The molecule has 0 aliphatic heterocycles. The topological polar surface area (TPSA) is 29.5 Å². The Bertz CT molecular complexity index is 633. The maximum absolute atomic E-state index is 12.7. The molecule has 3 heteroatoms. The number of carbonyl (C=O) groups is 1. The van der Waals surface area contributed by atoms with Crippen LogP contribution in [0.25, 0.3) is 0 Å². The predicted molar refractivity (Wildman–Crippen MR) is 94.3 cm³/mol. The lowest BCUT2D eigenvalue weighted by Crippen LogP contribution is -2.28. The second-order valence-electron chi connectivity index (χ2n) is 5.57. The van der Waals surface area contributed by atoms with Crippen molar-refractivity contribution in [3.63, 3.8) is 0 Å². The maximum atomic E-state index is 12.7. The number of likely N-dealkylation sites (N-methyl/N-ethyl adjacent to an activating group) is 1. The van der Waals surface area contributed by atoms with Gasteiger partial charge in [0.1, 0.15) is 12.4 Å². The molecule has 122 valence electrons. The Morgan fingerprint density at radius 1 is 1.04 bits per heavy atom. The van der Waals surface area contributed by atoms with Gasteiger partial charge in [0.25, 0.3) is 0 Å². The summed E-state index contributed by atoms with van der Waals surface area (Å²) in [5.74, 6) is 0.670. The molecule has 0 atom stereocenters. The standard InChI is InChI=1S/C20H25NO2/c1-4-21(5-2)13-14-23-19-12-11-16(3)15-18(19)20(22)17-9-7-6-8-10-17/h6-12,15H,4-5,13-14H2,1-3H3. The van der Waals surface area contributed by atoms with Gasteiger partial charge in [-0.3, -0.25) is 4.79 Å². The lowest BCUT2D eigenvalue weighted by atomic mass is 10.0. The molecule has 0 amide bonds. The minimum absolute atomic E-state index is 0.00661. The molecule has 23 heavy (non-hydrogen) atoms. The lowest BCUT2D eigenvalue weighted by Gasteiger charge is -2.19. The van der Waals surface area contributed by atoms with Gasteiger partial charge in [0.15, 0.2) is 5.78 Å². The first-order chi connectivity index (χ1) is 11.2. The molecule has 0 radical (unpaired) electrons. The molecule has 0 aromatic heterocycles. The average molecular weight is 311 g/mol. The van der Waals surface area contributed by atoms with Crippen LogP contribution in [0.1, 0.15) is 35.3 Å². The molecule has 3 nitrogen and oxygen atoms in total. The van der Waals surface area contributed by atoms with Gasteiger partial charge in [0, 0.05) is 12.1 Å². The van der Waals surface area contributed by atoms with Gasteiger partial charge in [0.05, 0.1) is 5.56 Å². The van der Waals surface area contributed by atoms with Crippen molar-refractivity contribution in [2.24, 2.45) is 0 Å². The maximum Gasteiger partial charge on any atom is 0.196 e. The van der Waals surface area contributed by atoms with Gasteiger partial charge in [-0.05, 0) is 32.1 Å². The Labute approximate surface area is 138 Å². The number of hydrogen-bond donors (Lipinski definition) is 0. The lowest BCUT2D eigenvalue weighted by molar-refractivity contribution is 0.103. The van der Waals surface area contributed by atoms with Crippen LogP contribution in [-0.2, 0) is 0 Å². The molecule has 0 aliphatic rings. The van der Waals surface area contributed by atoms with E-state index < -0.39 is 0 Å². The molecule has 0 bridgehead atoms. The third-order valence-corrected chi connectivity index (χ3v) is 3.98. The molecule has 2 aromatic rings. The number of benzene rings is 2. The molecule has 2 aromatic carbocycles. The Kier molecular flexibility index (Phi) is 6.36. The van der Waals surface area contributed by atoms with E-state index in [2.05, 4.69) is 18.7 Å². The number of ether oxygens (including phenoxy) is 1. The van der Waals surface area contributed by atoms with E-state index in [-0.39, 0.29) is 5.78 Å². The van der Waals surface area contributed by atoms with Crippen molar-refractivity contribution in [3.8, 4) is 5.75 Å². The summed E-state index contributed by atoms with van der Waals surface area (Å²) < 4.78 is 5.91. The highest BCUT2D eigenvalue weighted by atomic mass is 16.5. The normalized spacial score (nSPS) is 10.8. The van der Waals surface area contributed by atoms with Gasteiger partial charge in [0.2, 0.25) is 0 Å². The summed E-state index contributed by atoms with van der Waals surface area (Å²) in [7, 11) is 0. The molecule has 0 N–H and O–H groups in total. The smallest absolute Gasteiger partial charge is 0.196 e. The van der Waals surface area contributed by atoms with Crippen LogP contribution in [0.2, 0.25) is 0 Å². The second-order valence-corrected chi connectivity index (χ2v) is 5.57. The molecule has 2 rings (SSSR count). The average Bonchev–Trinajstić information content (AvgIpc) is 2.60. The summed E-state index contributed by atoms with van der Waals surface area (Å²) >= 11 is 0. The largest absolute Gasteiger partial charge is 0.491 e. The van der Waals surface area contributed by atoms with Crippen LogP contribution < -0.4 is 4.74 Å². The number of aryl methyl sites for hydroxylation is 1. The van der Waals surface area contributed by atoms with Crippen LogP contribution in [0.5, 0.6) is 5.75 Å². The molecule has 0 aliphatic carbocycles. The van der Waals surface area contributed by atoms with Crippen LogP contribution in [0.15, 0.2) is 48.5 Å².